The zero-order chi connectivity index (χ0) is 30.5. The van der Waals surface area contributed by atoms with E-state index < -0.39 is 0 Å². The second kappa shape index (κ2) is 10.6. The quantitative estimate of drug-likeness (QED) is 0.185. The monoisotopic (exact) mass is 592 g/mol. The molecule has 0 aliphatic heterocycles. The van der Waals surface area contributed by atoms with E-state index in [0.717, 1.165) is 60.5 Å². The van der Waals surface area contributed by atoms with Gasteiger partial charge < -0.3 is 8.83 Å². The first-order valence-electron chi connectivity index (χ1n) is 15.0. The minimum absolute atomic E-state index is 0.673. The number of hydrogen-bond donors (Lipinski definition) is 0. The normalized spacial score (nSPS) is 11.5. The molecule has 4 heterocycles. The molecule has 0 aliphatic rings. The summed E-state index contributed by atoms with van der Waals surface area (Å²) >= 11 is 0. The van der Waals surface area contributed by atoms with Crippen LogP contribution in [0.5, 0.6) is 0 Å². The summed E-state index contributed by atoms with van der Waals surface area (Å²) in [4.78, 5) is 17.5. The third-order valence-corrected chi connectivity index (χ3v) is 8.61. The highest BCUT2D eigenvalue weighted by molar-refractivity contribution is 6.22. The Kier molecular flexibility index (Phi) is 6.03. The van der Waals surface area contributed by atoms with Gasteiger partial charge in [0.1, 0.15) is 0 Å². The van der Waals surface area contributed by atoms with Gasteiger partial charge in [-0.25, -0.2) is 9.97 Å². The van der Waals surface area contributed by atoms with E-state index in [9.17, 15) is 0 Å². The number of pyridine rings is 2. The summed E-state index contributed by atoms with van der Waals surface area (Å²) in [7, 11) is 0. The lowest BCUT2D eigenvalue weighted by molar-refractivity contribution is 0.571. The molecule has 9 aromatic rings. The Balaban J connectivity index is 1.38. The van der Waals surface area contributed by atoms with Crippen molar-refractivity contribution < 1.29 is 8.83 Å². The predicted octanol–water partition coefficient (Wildman–Crippen LogP) is 10.2. The van der Waals surface area contributed by atoms with Gasteiger partial charge in [-0.1, -0.05) is 78.9 Å². The summed E-state index contributed by atoms with van der Waals surface area (Å²) in [5, 5.41) is 6.87. The Morgan fingerprint density at radius 3 is 1.54 bits per heavy atom. The molecule has 0 saturated carbocycles. The maximum atomic E-state index is 5.65. The average Bonchev–Trinajstić information content (AvgIpc) is 3.86. The van der Waals surface area contributed by atoms with Gasteiger partial charge in [0.15, 0.2) is 24.3 Å². The molecule has 0 bridgehead atoms. The average molecular weight is 593 g/mol. The highest BCUT2D eigenvalue weighted by Gasteiger charge is 2.19. The van der Waals surface area contributed by atoms with E-state index in [1.165, 1.54) is 29.1 Å². The summed E-state index contributed by atoms with van der Waals surface area (Å²) in [5.74, 6) is 1.35. The zero-order valence-electron chi connectivity index (χ0n) is 24.5. The second-order valence-electron chi connectivity index (χ2n) is 11.2. The number of nitrogens with zero attached hydrogens (tertiary/aromatic N) is 4. The molecule has 4 aromatic heterocycles. The van der Waals surface area contributed by atoms with Gasteiger partial charge in [0, 0.05) is 47.0 Å². The van der Waals surface area contributed by atoms with Gasteiger partial charge >= 0.3 is 0 Å². The van der Waals surface area contributed by atoms with Crippen LogP contribution in [0.25, 0.3) is 88.3 Å². The molecule has 0 unspecified atom stereocenters. The number of benzene rings is 5. The van der Waals surface area contributed by atoms with Gasteiger partial charge in [-0.3, -0.25) is 9.97 Å². The summed E-state index contributed by atoms with van der Waals surface area (Å²) in [5.41, 5.74) is 8.25. The molecule has 0 spiro atoms. The fraction of sp³-hybridized carbons (Fsp3) is 0. The molecule has 0 atom stereocenters. The third kappa shape index (κ3) is 4.27. The van der Waals surface area contributed by atoms with Crippen molar-refractivity contribution in [1.29, 1.82) is 0 Å². The molecule has 46 heavy (non-hydrogen) atoms. The van der Waals surface area contributed by atoms with Crippen LogP contribution in [0.4, 0.5) is 0 Å². The lowest BCUT2D eigenvalue weighted by atomic mass is 9.84. The lowest BCUT2D eigenvalue weighted by Crippen LogP contribution is -1.93. The number of hydrogen-bond acceptors (Lipinski definition) is 6. The van der Waals surface area contributed by atoms with E-state index in [-0.39, 0.29) is 0 Å². The smallest absolute Gasteiger partial charge is 0.181 e. The Morgan fingerprint density at radius 1 is 0.370 bits per heavy atom. The second-order valence-corrected chi connectivity index (χ2v) is 11.2. The molecule has 0 saturated heterocycles. The number of aromatic nitrogens is 4. The molecular formula is C40H24N4O2. The van der Waals surface area contributed by atoms with Crippen molar-refractivity contribution in [1.82, 2.24) is 19.9 Å². The Morgan fingerprint density at radius 2 is 0.913 bits per heavy atom. The van der Waals surface area contributed by atoms with E-state index in [0.29, 0.717) is 11.5 Å². The largest absolute Gasteiger partial charge is 0.443 e. The van der Waals surface area contributed by atoms with Crippen molar-refractivity contribution >= 4 is 32.3 Å². The van der Waals surface area contributed by atoms with E-state index in [4.69, 9.17) is 8.83 Å². The summed E-state index contributed by atoms with van der Waals surface area (Å²) in [6.07, 6.45) is 13.8. The highest BCUT2D eigenvalue weighted by atomic mass is 16.3. The van der Waals surface area contributed by atoms with Crippen LogP contribution in [0.2, 0.25) is 0 Å². The molecule has 0 fully saturated rings. The van der Waals surface area contributed by atoms with Gasteiger partial charge in [0.25, 0.3) is 0 Å². The van der Waals surface area contributed by atoms with Crippen LogP contribution in [0.3, 0.4) is 0 Å². The van der Waals surface area contributed by atoms with Gasteiger partial charge in [-0.2, -0.15) is 0 Å². The Labute approximate surface area is 263 Å². The maximum Gasteiger partial charge on any atom is 0.181 e. The number of fused-ring (bicyclic) bond motifs is 3. The minimum atomic E-state index is 0.673. The molecule has 0 radical (unpaired) electrons. The number of oxazole rings is 2. The van der Waals surface area contributed by atoms with Crippen molar-refractivity contribution in [3.05, 3.63) is 147 Å². The lowest BCUT2D eigenvalue weighted by Gasteiger charge is -2.19. The van der Waals surface area contributed by atoms with E-state index in [1.807, 2.05) is 24.8 Å². The molecule has 6 nitrogen and oxygen atoms in total. The molecule has 5 aromatic carbocycles. The van der Waals surface area contributed by atoms with Crippen LogP contribution in [-0.4, -0.2) is 19.9 Å². The Bertz CT molecular complexity index is 2530. The fourth-order valence-corrected chi connectivity index (χ4v) is 6.58. The fourth-order valence-electron chi connectivity index (χ4n) is 6.58. The van der Waals surface area contributed by atoms with Crippen LogP contribution >= 0.6 is 0 Å². The highest BCUT2D eigenvalue weighted by Crippen LogP contribution is 2.46. The topological polar surface area (TPSA) is 77.8 Å². The van der Waals surface area contributed by atoms with Crippen molar-refractivity contribution in [3.8, 4) is 56.0 Å². The molecule has 6 heteroatoms. The first-order chi connectivity index (χ1) is 22.8. The molecule has 0 aliphatic carbocycles. The SMILES string of the molecule is c1ccc2c(-c3ccc4c(-c5cncc(-c6cnco6)c5)c5ccccc5c(-c5cncc(-c6cnco6)c5)c4c3)cccc2c1. The first kappa shape index (κ1) is 26.0. The Hall–Kier alpha value is -6.40. The van der Waals surface area contributed by atoms with Crippen molar-refractivity contribution in [2.24, 2.45) is 0 Å². The summed E-state index contributed by atoms with van der Waals surface area (Å²) in [6.45, 7) is 0. The van der Waals surface area contributed by atoms with Crippen molar-refractivity contribution in [2.45, 2.75) is 0 Å². The predicted molar refractivity (Wildman–Crippen MR) is 182 cm³/mol. The van der Waals surface area contributed by atoms with Crippen LogP contribution in [0.1, 0.15) is 0 Å². The zero-order valence-corrected chi connectivity index (χ0v) is 24.5. The van der Waals surface area contributed by atoms with Gasteiger partial charge in [0.2, 0.25) is 0 Å². The molecule has 9 rings (SSSR count). The van der Waals surface area contributed by atoms with Crippen LogP contribution in [0.15, 0.2) is 156 Å². The van der Waals surface area contributed by atoms with Crippen LogP contribution < -0.4 is 0 Å². The van der Waals surface area contributed by atoms with E-state index in [1.54, 1.807) is 12.4 Å². The summed E-state index contributed by atoms with van der Waals surface area (Å²) in [6, 6.07) is 34.6. The molecule has 0 amide bonds. The van der Waals surface area contributed by atoms with Crippen LogP contribution in [0, 0.1) is 0 Å². The third-order valence-electron chi connectivity index (χ3n) is 8.61. The van der Waals surface area contributed by atoms with E-state index >= 15 is 0 Å². The van der Waals surface area contributed by atoms with Crippen molar-refractivity contribution in [3.63, 3.8) is 0 Å². The first-order valence-corrected chi connectivity index (χ1v) is 15.0. The molecule has 0 N–H and O–H groups in total. The number of rotatable bonds is 5. The van der Waals surface area contributed by atoms with Gasteiger partial charge in [0.05, 0.1) is 12.4 Å². The van der Waals surface area contributed by atoms with Gasteiger partial charge in [-0.15, -0.1) is 0 Å². The van der Waals surface area contributed by atoms with Gasteiger partial charge in [-0.05, 0) is 72.8 Å². The minimum Gasteiger partial charge on any atom is -0.443 e. The summed E-state index contributed by atoms with van der Waals surface area (Å²) < 4.78 is 11.3. The standard InChI is InChI=1S/C40H24N4O2/c1-2-8-31-25(6-1)7-5-11-32(31)26-12-13-35-36(16-26)40(30-15-28(18-42-20-30)38-22-44-24-46-38)34-10-4-3-9-33(34)39(35)29-14-27(17-41-19-29)37-21-43-23-45-37/h1-24H. The maximum absolute atomic E-state index is 5.65. The van der Waals surface area contributed by atoms with Crippen molar-refractivity contribution in [2.75, 3.05) is 0 Å². The molecule has 216 valence electrons. The molecular weight excluding hydrogens is 568 g/mol. The van der Waals surface area contributed by atoms with E-state index in [2.05, 4.69) is 117 Å². The van der Waals surface area contributed by atoms with Crippen LogP contribution in [-0.2, 0) is 0 Å².